The zero-order chi connectivity index (χ0) is 11.3. The Morgan fingerprint density at radius 3 is 2.80 bits per heavy atom. The standard InChI is InChI=1S/C8H10FIN2O3/c9-1-2-15-6(3-10)5-4-11-8(14)12-7(5)13/h4,6H,1-3H2,(H2,11,12,13,14)/t6-/m0/s1. The lowest BCUT2D eigenvalue weighted by Crippen LogP contribution is -2.27. The van der Waals surface area contributed by atoms with Crippen LogP contribution in [-0.2, 0) is 4.74 Å². The molecule has 0 aromatic carbocycles. The Balaban J connectivity index is 2.91. The van der Waals surface area contributed by atoms with Gasteiger partial charge < -0.3 is 9.72 Å². The molecule has 1 aromatic rings. The van der Waals surface area contributed by atoms with Gasteiger partial charge in [0.05, 0.1) is 18.3 Å². The topological polar surface area (TPSA) is 75.0 Å². The molecule has 0 fully saturated rings. The normalized spacial score (nSPS) is 12.7. The van der Waals surface area contributed by atoms with Gasteiger partial charge in [-0.25, -0.2) is 9.18 Å². The van der Waals surface area contributed by atoms with Crippen LogP contribution < -0.4 is 11.2 Å². The third-order valence-corrected chi connectivity index (χ3v) is 2.53. The molecule has 1 aromatic heterocycles. The van der Waals surface area contributed by atoms with Crippen molar-refractivity contribution in [3.05, 3.63) is 32.6 Å². The Kier molecular flexibility index (Phi) is 4.95. The summed E-state index contributed by atoms with van der Waals surface area (Å²) in [5, 5.41) is 0. The summed E-state index contributed by atoms with van der Waals surface area (Å²) in [6.07, 6.45) is 0.796. The first-order chi connectivity index (χ1) is 7.19. The van der Waals surface area contributed by atoms with Crippen LogP contribution in [0.5, 0.6) is 0 Å². The molecular weight excluding hydrogens is 318 g/mol. The van der Waals surface area contributed by atoms with Crippen molar-refractivity contribution < 1.29 is 9.13 Å². The van der Waals surface area contributed by atoms with Crippen LogP contribution in [0, 0.1) is 0 Å². The van der Waals surface area contributed by atoms with Gasteiger partial charge in [-0.3, -0.25) is 9.78 Å². The number of ether oxygens (including phenoxy) is 1. The van der Waals surface area contributed by atoms with Crippen LogP contribution >= 0.6 is 22.6 Å². The summed E-state index contributed by atoms with van der Waals surface area (Å²) in [5.74, 6) is 0. The van der Waals surface area contributed by atoms with Crippen LogP contribution in [0.15, 0.2) is 15.8 Å². The van der Waals surface area contributed by atoms with E-state index in [4.69, 9.17) is 4.74 Å². The van der Waals surface area contributed by atoms with Crippen molar-refractivity contribution in [2.75, 3.05) is 17.7 Å². The van der Waals surface area contributed by atoms with Crippen molar-refractivity contribution >= 4 is 22.6 Å². The number of H-pyrrole nitrogens is 2. The number of aromatic nitrogens is 2. The van der Waals surface area contributed by atoms with Gasteiger partial charge in [0.25, 0.3) is 5.56 Å². The van der Waals surface area contributed by atoms with E-state index in [1.807, 2.05) is 22.6 Å². The van der Waals surface area contributed by atoms with Crippen LogP contribution in [0.3, 0.4) is 0 Å². The lowest BCUT2D eigenvalue weighted by Gasteiger charge is -2.12. The van der Waals surface area contributed by atoms with Crippen LogP contribution in [0.2, 0.25) is 0 Å². The third kappa shape index (κ3) is 3.42. The number of rotatable bonds is 5. The van der Waals surface area contributed by atoms with Crippen molar-refractivity contribution in [3.63, 3.8) is 0 Å². The minimum atomic E-state index is -0.603. The molecule has 1 rings (SSSR count). The molecule has 1 heterocycles. The Morgan fingerprint density at radius 1 is 1.53 bits per heavy atom. The van der Waals surface area contributed by atoms with E-state index in [0.717, 1.165) is 0 Å². The fourth-order valence-corrected chi connectivity index (χ4v) is 1.79. The molecule has 0 spiro atoms. The van der Waals surface area contributed by atoms with E-state index >= 15 is 0 Å². The Bertz CT molecular complexity index is 417. The molecule has 2 N–H and O–H groups in total. The molecule has 0 aliphatic carbocycles. The van der Waals surface area contributed by atoms with Crippen molar-refractivity contribution in [1.29, 1.82) is 0 Å². The van der Waals surface area contributed by atoms with Crippen molar-refractivity contribution in [2.45, 2.75) is 6.10 Å². The average Bonchev–Trinajstić information content (AvgIpc) is 2.21. The maximum Gasteiger partial charge on any atom is 0.325 e. The molecule has 1 atom stereocenters. The van der Waals surface area contributed by atoms with Crippen molar-refractivity contribution in [1.82, 2.24) is 9.97 Å². The summed E-state index contributed by atoms with van der Waals surface area (Å²) in [4.78, 5) is 26.5. The smallest absolute Gasteiger partial charge is 0.325 e. The largest absolute Gasteiger partial charge is 0.370 e. The fraction of sp³-hybridized carbons (Fsp3) is 0.500. The summed E-state index contributed by atoms with van der Waals surface area (Å²) in [6.45, 7) is -0.666. The Labute approximate surface area is 98.2 Å². The molecule has 0 radical (unpaired) electrons. The Morgan fingerprint density at radius 2 is 2.27 bits per heavy atom. The number of hydrogen-bond acceptors (Lipinski definition) is 3. The zero-order valence-electron chi connectivity index (χ0n) is 7.76. The number of hydrogen-bond donors (Lipinski definition) is 2. The summed E-state index contributed by atoms with van der Waals surface area (Å²) >= 11 is 2.03. The highest BCUT2D eigenvalue weighted by molar-refractivity contribution is 14.1. The molecule has 0 aliphatic heterocycles. The minimum Gasteiger partial charge on any atom is -0.370 e. The van der Waals surface area contributed by atoms with Crippen molar-refractivity contribution in [2.24, 2.45) is 0 Å². The molecule has 5 nitrogen and oxygen atoms in total. The molecule has 0 bridgehead atoms. The van der Waals surface area contributed by atoms with Gasteiger partial charge in [-0.15, -0.1) is 0 Å². The zero-order valence-corrected chi connectivity index (χ0v) is 9.91. The molecule has 15 heavy (non-hydrogen) atoms. The monoisotopic (exact) mass is 328 g/mol. The number of halogens is 2. The average molecular weight is 328 g/mol. The summed E-state index contributed by atoms with van der Waals surface area (Å²) in [5.41, 5.74) is -0.766. The minimum absolute atomic E-state index is 0.0633. The third-order valence-electron chi connectivity index (χ3n) is 1.73. The van der Waals surface area contributed by atoms with Gasteiger partial charge in [0.2, 0.25) is 0 Å². The van der Waals surface area contributed by atoms with Crippen LogP contribution in [0.1, 0.15) is 11.7 Å². The molecule has 84 valence electrons. The molecule has 7 heteroatoms. The predicted molar refractivity (Wildman–Crippen MR) is 61.2 cm³/mol. The number of nitrogens with one attached hydrogen (secondary N) is 2. The van der Waals surface area contributed by atoms with Gasteiger partial charge in [-0.05, 0) is 0 Å². The summed E-state index contributed by atoms with van der Waals surface area (Å²) in [6, 6.07) is 0. The summed E-state index contributed by atoms with van der Waals surface area (Å²) in [7, 11) is 0. The quantitative estimate of drug-likeness (QED) is 0.611. The first kappa shape index (κ1) is 12.4. The Hall–Kier alpha value is -0.700. The maximum atomic E-state index is 11.9. The molecule has 0 aliphatic rings. The maximum absolute atomic E-state index is 11.9. The second-order valence-corrected chi connectivity index (χ2v) is 3.61. The van der Waals surface area contributed by atoms with Gasteiger partial charge in [0, 0.05) is 10.6 Å². The van der Waals surface area contributed by atoms with Crippen LogP contribution in [-0.4, -0.2) is 27.7 Å². The second kappa shape index (κ2) is 6.01. The number of aromatic amines is 2. The van der Waals surface area contributed by atoms with E-state index < -0.39 is 24.0 Å². The highest BCUT2D eigenvalue weighted by Crippen LogP contribution is 2.14. The SMILES string of the molecule is O=c1[nH]cc([C@H](CI)OCCF)c(=O)[nH]1. The molecule has 0 saturated heterocycles. The first-order valence-corrected chi connectivity index (χ1v) is 5.77. The van der Waals surface area contributed by atoms with Gasteiger partial charge in [-0.2, -0.15) is 0 Å². The van der Waals surface area contributed by atoms with E-state index in [1.54, 1.807) is 0 Å². The lowest BCUT2D eigenvalue weighted by atomic mass is 10.2. The van der Waals surface area contributed by atoms with E-state index in [2.05, 4.69) is 9.97 Å². The highest BCUT2D eigenvalue weighted by atomic mass is 127. The summed E-state index contributed by atoms with van der Waals surface area (Å²) < 4.78 is 17.5. The molecule has 0 saturated carbocycles. The van der Waals surface area contributed by atoms with Crippen LogP contribution in [0.25, 0.3) is 0 Å². The van der Waals surface area contributed by atoms with Crippen LogP contribution in [0.4, 0.5) is 4.39 Å². The van der Waals surface area contributed by atoms with E-state index in [1.165, 1.54) is 6.20 Å². The van der Waals surface area contributed by atoms with E-state index in [9.17, 15) is 14.0 Å². The van der Waals surface area contributed by atoms with E-state index in [0.29, 0.717) is 9.99 Å². The van der Waals surface area contributed by atoms with Crippen molar-refractivity contribution in [3.8, 4) is 0 Å². The number of alkyl halides is 2. The second-order valence-electron chi connectivity index (χ2n) is 2.73. The van der Waals surface area contributed by atoms with Gasteiger partial charge >= 0.3 is 5.69 Å². The van der Waals surface area contributed by atoms with Gasteiger partial charge in [0.1, 0.15) is 6.67 Å². The lowest BCUT2D eigenvalue weighted by molar-refractivity contribution is 0.0595. The molecule has 0 amide bonds. The van der Waals surface area contributed by atoms with Gasteiger partial charge in [0.15, 0.2) is 0 Å². The first-order valence-electron chi connectivity index (χ1n) is 4.24. The molecule has 0 unspecified atom stereocenters. The highest BCUT2D eigenvalue weighted by Gasteiger charge is 2.14. The molecular formula is C8H10FIN2O3. The van der Waals surface area contributed by atoms with E-state index in [-0.39, 0.29) is 6.61 Å². The van der Waals surface area contributed by atoms with Gasteiger partial charge in [-0.1, -0.05) is 22.6 Å². The predicted octanol–water partition coefficient (Wildman–Crippen LogP) is 0.525. The fourth-order valence-electron chi connectivity index (χ4n) is 1.06.